The molecule has 1 fully saturated rings. The monoisotopic (exact) mass is 487 g/mol. The first kappa shape index (κ1) is 22.8. The molecule has 0 saturated heterocycles. The highest BCUT2D eigenvalue weighted by molar-refractivity contribution is 6.42. The number of hydrogen-bond acceptors (Lipinski definition) is 4. The number of urea groups is 1. The topological polar surface area (TPSA) is 102 Å². The number of nitrogens with one attached hydrogen (secondary N) is 1. The zero-order valence-corrected chi connectivity index (χ0v) is 18.4. The number of rotatable bonds is 6. The van der Waals surface area contributed by atoms with Crippen molar-refractivity contribution in [3.63, 3.8) is 0 Å². The molecule has 1 aromatic heterocycles. The van der Waals surface area contributed by atoms with Crippen molar-refractivity contribution in [2.24, 2.45) is 5.73 Å². The van der Waals surface area contributed by atoms with Crippen LogP contribution in [0.4, 0.5) is 13.6 Å². The van der Waals surface area contributed by atoms with Gasteiger partial charge in [0.25, 0.3) is 5.91 Å². The number of amides is 3. The molecular formula is C20H21Cl2F2N5O3. The molecule has 32 heavy (non-hydrogen) atoms. The van der Waals surface area contributed by atoms with E-state index in [0.29, 0.717) is 52.9 Å². The van der Waals surface area contributed by atoms with Crippen LogP contribution in [0.25, 0.3) is 11.3 Å². The first-order chi connectivity index (χ1) is 15.2. The third-order valence-corrected chi connectivity index (χ3v) is 6.61. The lowest BCUT2D eigenvalue weighted by molar-refractivity contribution is -0.150. The number of halogens is 4. The Balaban J connectivity index is 1.56. The van der Waals surface area contributed by atoms with Gasteiger partial charge in [0.1, 0.15) is 5.69 Å². The number of nitrogens with zero attached hydrogens (tertiary/aromatic N) is 3. The van der Waals surface area contributed by atoms with E-state index in [1.807, 2.05) is 0 Å². The molecule has 8 nitrogen and oxygen atoms in total. The summed E-state index contributed by atoms with van der Waals surface area (Å²) in [5.41, 5.74) is 6.46. The molecule has 0 spiro atoms. The Morgan fingerprint density at radius 2 is 2.00 bits per heavy atom. The van der Waals surface area contributed by atoms with Gasteiger partial charge in [-0.2, -0.15) is 13.9 Å². The average Bonchev–Trinajstić information content (AvgIpc) is 3.10. The molecule has 4 rings (SSSR count). The van der Waals surface area contributed by atoms with Gasteiger partial charge in [-0.25, -0.2) is 4.79 Å². The normalized spacial score (nSPS) is 17.1. The second-order valence-electron chi connectivity index (χ2n) is 7.94. The van der Waals surface area contributed by atoms with E-state index in [-0.39, 0.29) is 18.7 Å². The number of fused-ring (bicyclic) bond motifs is 1. The summed E-state index contributed by atoms with van der Waals surface area (Å²) in [5.74, 6) is -0.685. The van der Waals surface area contributed by atoms with Crippen LogP contribution in [-0.4, -0.2) is 51.9 Å². The van der Waals surface area contributed by atoms with Gasteiger partial charge in [-0.05, 0) is 31.4 Å². The number of carbonyl (C=O) groups excluding carboxylic acids is 2. The van der Waals surface area contributed by atoms with Gasteiger partial charge in [-0.3, -0.25) is 9.48 Å². The molecule has 12 heteroatoms. The molecule has 172 valence electrons. The average molecular weight is 488 g/mol. The maximum absolute atomic E-state index is 12.9. The fraction of sp³-hybridized carbons (Fsp3) is 0.450. The van der Waals surface area contributed by atoms with Crippen LogP contribution in [0.3, 0.4) is 0 Å². The summed E-state index contributed by atoms with van der Waals surface area (Å²) < 4.78 is 31.0. The van der Waals surface area contributed by atoms with Gasteiger partial charge in [-0.1, -0.05) is 29.3 Å². The number of alkyl halides is 2. The standard InChI is InChI=1S/C20H21Cl2F2N5O3/c21-12-3-2-11(8-13(12)22)16-15(17(25)30)14-9-28(6-7-29(14)27-16)19(31)26-20(4-1-5-20)10-32-18(23)24/h2-3,8,18H,1,4-7,9-10H2,(H2,25,30)(H,26,31). The van der Waals surface area contributed by atoms with Gasteiger partial charge in [0.15, 0.2) is 0 Å². The molecular weight excluding hydrogens is 467 g/mol. The lowest BCUT2D eigenvalue weighted by atomic mass is 9.77. The molecule has 0 bridgehead atoms. The van der Waals surface area contributed by atoms with Gasteiger partial charge in [0.2, 0.25) is 0 Å². The number of hydrogen-bond donors (Lipinski definition) is 2. The zero-order valence-electron chi connectivity index (χ0n) is 16.9. The molecule has 0 atom stereocenters. The third-order valence-electron chi connectivity index (χ3n) is 5.88. The number of primary amides is 1. The van der Waals surface area contributed by atoms with E-state index in [2.05, 4.69) is 15.2 Å². The SMILES string of the molecule is NC(=O)c1c(-c2ccc(Cl)c(Cl)c2)nn2c1CN(C(=O)NC1(COC(F)F)CCC1)CC2. The number of carbonyl (C=O) groups is 2. The predicted molar refractivity (Wildman–Crippen MR) is 114 cm³/mol. The second kappa shape index (κ2) is 8.84. The Kier molecular flexibility index (Phi) is 6.28. The van der Waals surface area contributed by atoms with Crippen LogP contribution in [0.5, 0.6) is 0 Å². The molecule has 1 aromatic carbocycles. The Labute approximate surface area is 192 Å². The van der Waals surface area contributed by atoms with Crippen molar-refractivity contribution in [2.75, 3.05) is 13.2 Å². The van der Waals surface area contributed by atoms with E-state index in [4.69, 9.17) is 28.9 Å². The van der Waals surface area contributed by atoms with Crippen LogP contribution in [0.15, 0.2) is 18.2 Å². The van der Waals surface area contributed by atoms with Crippen LogP contribution in [0.2, 0.25) is 10.0 Å². The number of benzene rings is 1. The maximum Gasteiger partial charge on any atom is 0.345 e. The highest BCUT2D eigenvalue weighted by Gasteiger charge is 2.41. The lowest BCUT2D eigenvalue weighted by Crippen LogP contribution is -2.60. The van der Waals surface area contributed by atoms with Crippen molar-refractivity contribution < 1.29 is 23.1 Å². The van der Waals surface area contributed by atoms with Gasteiger partial charge in [0.05, 0.1) is 46.5 Å². The van der Waals surface area contributed by atoms with Crippen molar-refractivity contribution in [1.82, 2.24) is 20.0 Å². The quantitative estimate of drug-likeness (QED) is 0.648. The summed E-state index contributed by atoms with van der Waals surface area (Å²) in [6.07, 6.45) is 1.94. The van der Waals surface area contributed by atoms with Crippen molar-refractivity contribution in [3.8, 4) is 11.3 Å². The molecule has 1 saturated carbocycles. The Morgan fingerprint density at radius 1 is 1.25 bits per heavy atom. The van der Waals surface area contributed by atoms with E-state index in [0.717, 1.165) is 6.42 Å². The number of aromatic nitrogens is 2. The fourth-order valence-electron chi connectivity index (χ4n) is 4.03. The highest BCUT2D eigenvalue weighted by atomic mass is 35.5. The predicted octanol–water partition coefficient (Wildman–Crippen LogP) is 3.64. The zero-order chi connectivity index (χ0) is 23.0. The van der Waals surface area contributed by atoms with Crippen molar-refractivity contribution in [2.45, 2.75) is 44.5 Å². The molecule has 0 radical (unpaired) electrons. The first-order valence-corrected chi connectivity index (χ1v) is 10.8. The van der Waals surface area contributed by atoms with Gasteiger partial charge < -0.3 is 20.7 Å². The van der Waals surface area contributed by atoms with Gasteiger partial charge >= 0.3 is 12.6 Å². The molecule has 3 N–H and O–H groups in total. The second-order valence-corrected chi connectivity index (χ2v) is 8.76. The highest BCUT2D eigenvalue weighted by Crippen LogP contribution is 2.34. The molecule has 2 aliphatic rings. The van der Waals surface area contributed by atoms with Crippen LogP contribution in [0.1, 0.15) is 35.3 Å². The van der Waals surface area contributed by atoms with E-state index in [1.165, 1.54) is 4.90 Å². The van der Waals surface area contributed by atoms with E-state index in [1.54, 1.807) is 22.9 Å². The number of nitrogens with two attached hydrogens (primary N) is 1. The summed E-state index contributed by atoms with van der Waals surface area (Å²) >= 11 is 12.1. The van der Waals surface area contributed by atoms with Crippen LogP contribution >= 0.6 is 23.2 Å². The maximum atomic E-state index is 12.9. The third kappa shape index (κ3) is 4.39. The van der Waals surface area contributed by atoms with E-state index < -0.39 is 24.1 Å². The summed E-state index contributed by atoms with van der Waals surface area (Å²) in [6.45, 7) is -2.40. The van der Waals surface area contributed by atoms with Crippen LogP contribution < -0.4 is 11.1 Å². The number of ether oxygens (including phenoxy) is 1. The summed E-state index contributed by atoms with van der Waals surface area (Å²) in [5, 5.41) is 8.02. The molecule has 1 aliphatic heterocycles. The van der Waals surface area contributed by atoms with Crippen molar-refractivity contribution >= 4 is 35.1 Å². The smallest absolute Gasteiger partial charge is 0.345 e. The van der Waals surface area contributed by atoms with Crippen LogP contribution in [0, 0.1) is 0 Å². The molecule has 2 heterocycles. The van der Waals surface area contributed by atoms with E-state index >= 15 is 0 Å². The molecule has 3 amide bonds. The fourth-order valence-corrected chi connectivity index (χ4v) is 4.33. The molecule has 2 aromatic rings. The summed E-state index contributed by atoms with van der Waals surface area (Å²) in [7, 11) is 0. The van der Waals surface area contributed by atoms with Crippen molar-refractivity contribution in [1.29, 1.82) is 0 Å². The first-order valence-electron chi connectivity index (χ1n) is 10.0. The minimum atomic E-state index is -2.90. The van der Waals surface area contributed by atoms with Gasteiger partial charge in [0, 0.05) is 12.1 Å². The minimum absolute atomic E-state index is 0.0875. The molecule has 0 unspecified atom stereocenters. The van der Waals surface area contributed by atoms with Crippen molar-refractivity contribution in [3.05, 3.63) is 39.5 Å². The largest absolute Gasteiger partial charge is 0.365 e. The Bertz CT molecular complexity index is 1060. The minimum Gasteiger partial charge on any atom is -0.365 e. The van der Waals surface area contributed by atoms with Gasteiger partial charge in [-0.15, -0.1) is 0 Å². The molecule has 1 aliphatic carbocycles. The Hall–Kier alpha value is -2.43. The van der Waals surface area contributed by atoms with E-state index in [9.17, 15) is 18.4 Å². The summed E-state index contributed by atoms with van der Waals surface area (Å²) in [4.78, 5) is 26.7. The lowest BCUT2D eigenvalue weighted by Gasteiger charge is -2.43. The Morgan fingerprint density at radius 3 is 2.59 bits per heavy atom. The summed E-state index contributed by atoms with van der Waals surface area (Å²) in [6, 6.07) is 4.46. The van der Waals surface area contributed by atoms with Crippen LogP contribution in [-0.2, 0) is 17.8 Å².